The average Bonchev–Trinajstić information content (AvgIpc) is 3.01. The first-order valence-corrected chi connectivity index (χ1v) is 6.04. The van der Waals surface area contributed by atoms with Gasteiger partial charge in [-0.05, 0) is 34.8 Å². The van der Waals surface area contributed by atoms with Gasteiger partial charge in [-0.25, -0.2) is 4.39 Å². The van der Waals surface area contributed by atoms with Crippen LogP contribution in [0.25, 0.3) is 0 Å². The van der Waals surface area contributed by atoms with E-state index < -0.39 is 17.2 Å². The molecule has 0 atom stereocenters. The fraction of sp³-hybridized carbons (Fsp3) is 0.417. The van der Waals surface area contributed by atoms with Crippen LogP contribution < -0.4 is 4.74 Å². The van der Waals surface area contributed by atoms with Crippen molar-refractivity contribution >= 4 is 21.9 Å². The summed E-state index contributed by atoms with van der Waals surface area (Å²) in [4.78, 5) is 10.8. The zero-order valence-electron chi connectivity index (χ0n) is 9.30. The second-order valence-electron chi connectivity index (χ2n) is 4.29. The molecule has 92 valence electrons. The summed E-state index contributed by atoms with van der Waals surface area (Å²) in [5.74, 6) is -1.19. The monoisotopic (exact) mass is 302 g/mol. The Kier molecular flexibility index (Phi) is 3.12. The Morgan fingerprint density at radius 1 is 1.59 bits per heavy atom. The Balaban J connectivity index is 2.46. The molecule has 2 rings (SSSR count). The van der Waals surface area contributed by atoms with Crippen molar-refractivity contribution in [3.8, 4) is 5.75 Å². The smallest absolute Gasteiger partial charge is 0.304 e. The number of hydrogen-bond donors (Lipinski definition) is 1. The summed E-state index contributed by atoms with van der Waals surface area (Å²) >= 11 is 3.09. The Bertz CT molecular complexity index is 469. The van der Waals surface area contributed by atoms with Crippen LogP contribution in [-0.4, -0.2) is 18.2 Å². The van der Waals surface area contributed by atoms with E-state index in [-0.39, 0.29) is 12.2 Å². The van der Waals surface area contributed by atoms with Gasteiger partial charge >= 0.3 is 5.97 Å². The molecule has 5 heteroatoms. The lowest BCUT2D eigenvalue weighted by molar-refractivity contribution is -0.137. The highest BCUT2D eigenvalue weighted by atomic mass is 79.9. The van der Waals surface area contributed by atoms with Gasteiger partial charge in [0, 0.05) is 11.0 Å². The van der Waals surface area contributed by atoms with Crippen molar-refractivity contribution in [2.45, 2.75) is 24.7 Å². The molecule has 1 aromatic rings. The molecule has 3 nitrogen and oxygen atoms in total. The predicted octanol–water partition coefficient (Wildman–Crippen LogP) is 3.10. The molecule has 1 aliphatic carbocycles. The number of benzene rings is 1. The number of ether oxygens (including phenoxy) is 1. The molecule has 0 bridgehead atoms. The molecule has 0 unspecified atom stereocenters. The van der Waals surface area contributed by atoms with Gasteiger partial charge in [-0.2, -0.15) is 0 Å². The van der Waals surface area contributed by atoms with Gasteiger partial charge in [-0.1, -0.05) is 6.07 Å². The summed E-state index contributed by atoms with van der Waals surface area (Å²) in [7, 11) is 1.39. The van der Waals surface area contributed by atoms with Crippen LogP contribution in [0.15, 0.2) is 16.6 Å². The van der Waals surface area contributed by atoms with E-state index in [2.05, 4.69) is 15.9 Å². The molecule has 1 fully saturated rings. The Labute approximate surface area is 107 Å². The third kappa shape index (κ3) is 2.16. The first-order chi connectivity index (χ1) is 8.00. The first kappa shape index (κ1) is 12.4. The van der Waals surface area contributed by atoms with E-state index in [1.54, 1.807) is 12.1 Å². The Morgan fingerprint density at radius 3 is 2.71 bits per heavy atom. The Morgan fingerprint density at radius 2 is 2.24 bits per heavy atom. The molecule has 17 heavy (non-hydrogen) atoms. The van der Waals surface area contributed by atoms with Gasteiger partial charge in [0.25, 0.3) is 0 Å². The molecule has 0 heterocycles. The number of carboxylic acid groups (broad SMARTS) is 1. The van der Waals surface area contributed by atoms with Gasteiger partial charge in [-0.15, -0.1) is 0 Å². The van der Waals surface area contributed by atoms with Crippen molar-refractivity contribution in [2.24, 2.45) is 0 Å². The minimum atomic E-state index is -0.868. The molecule has 0 spiro atoms. The van der Waals surface area contributed by atoms with Gasteiger partial charge in [-0.3, -0.25) is 4.79 Å². The topological polar surface area (TPSA) is 46.5 Å². The number of hydrogen-bond acceptors (Lipinski definition) is 2. The normalized spacial score (nSPS) is 16.6. The van der Waals surface area contributed by atoms with Gasteiger partial charge in [0.15, 0.2) is 11.6 Å². The van der Waals surface area contributed by atoms with Gasteiger partial charge < -0.3 is 9.84 Å². The van der Waals surface area contributed by atoms with E-state index in [1.807, 2.05) is 0 Å². The third-order valence-electron chi connectivity index (χ3n) is 3.17. The number of rotatable bonds is 4. The van der Waals surface area contributed by atoms with Crippen molar-refractivity contribution < 1.29 is 19.0 Å². The highest BCUT2D eigenvalue weighted by Gasteiger charge is 2.48. The lowest BCUT2D eigenvalue weighted by Gasteiger charge is -2.18. The fourth-order valence-corrected chi connectivity index (χ4v) is 2.44. The van der Waals surface area contributed by atoms with Crippen LogP contribution in [0.4, 0.5) is 4.39 Å². The lowest BCUT2D eigenvalue weighted by Crippen LogP contribution is -2.14. The van der Waals surface area contributed by atoms with E-state index in [4.69, 9.17) is 9.84 Å². The van der Waals surface area contributed by atoms with Crippen molar-refractivity contribution in [3.05, 3.63) is 28.0 Å². The molecule has 1 saturated carbocycles. The summed E-state index contributed by atoms with van der Waals surface area (Å²) in [5, 5.41) is 8.89. The average molecular weight is 303 g/mol. The van der Waals surface area contributed by atoms with Crippen LogP contribution in [-0.2, 0) is 10.2 Å². The number of halogens is 2. The summed E-state index contributed by atoms with van der Waals surface area (Å²) in [6.07, 6.45) is 1.54. The standard InChI is InChI=1S/C12H12BrFO3/c1-17-11-7(2-3-8(13)10(11)14)12(4-5-12)6-9(15)16/h2-3H,4-6H2,1H3,(H,15,16). The third-order valence-corrected chi connectivity index (χ3v) is 3.78. The van der Waals surface area contributed by atoms with Crippen LogP contribution >= 0.6 is 15.9 Å². The second-order valence-corrected chi connectivity index (χ2v) is 5.15. The summed E-state index contributed by atoms with van der Waals surface area (Å²) in [6, 6.07) is 3.33. The summed E-state index contributed by atoms with van der Waals surface area (Å²) in [6.45, 7) is 0. The number of aliphatic carboxylic acids is 1. The fourth-order valence-electron chi connectivity index (χ4n) is 2.13. The molecule has 1 aromatic carbocycles. The predicted molar refractivity (Wildman–Crippen MR) is 63.8 cm³/mol. The molecule has 1 N–H and O–H groups in total. The quantitative estimate of drug-likeness (QED) is 0.929. The van der Waals surface area contributed by atoms with Crippen molar-refractivity contribution in [3.63, 3.8) is 0 Å². The Hall–Kier alpha value is -1.10. The lowest BCUT2D eigenvalue weighted by atomic mass is 9.91. The highest BCUT2D eigenvalue weighted by Crippen LogP contribution is 2.54. The molecule has 1 aliphatic rings. The van der Waals surface area contributed by atoms with E-state index >= 15 is 0 Å². The maximum absolute atomic E-state index is 13.8. The number of carboxylic acids is 1. The van der Waals surface area contributed by atoms with E-state index in [0.29, 0.717) is 10.0 Å². The van der Waals surface area contributed by atoms with Gasteiger partial charge in [0.1, 0.15) is 0 Å². The molecule has 0 radical (unpaired) electrons. The molecular weight excluding hydrogens is 291 g/mol. The molecule has 0 aromatic heterocycles. The van der Waals surface area contributed by atoms with E-state index in [0.717, 1.165) is 12.8 Å². The second kappa shape index (κ2) is 4.29. The van der Waals surface area contributed by atoms with Gasteiger partial charge in [0.05, 0.1) is 18.0 Å². The van der Waals surface area contributed by atoms with Crippen LogP contribution in [0.2, 0.25) is 0 Å². The van der Waals surface area contributed by atoms with Gasteiger partial charge in [0.2, 0.25) is 0 Å². The van der Waals surface area contributed by atoms with Crippen LogP contribution in [0.5, 0.6) is 5.75 Å². The van der Waals surface area contributed by atoms with E-state index in [9.17, 15) is 9.18 Å². The number of carbonyl (C=O) groups is 1. The molecule has 0 saturated heterocycles. The minimum absolute atomic E-state index is 0.0183. The molecule has 0 amide bonds. The van der Waals surface area contributed by atoms with Crippen LogP contribution in [0.3, 0.4) is 0 Å². The van der Waals surface area contributed by atoms with Crippen molar-refractivity contribution in [1.29, 1.82) is 0 Å². The first-order valence-electron chi connectivity index (χ1n) is 5.24. The SMILES string of the molecule is COc1c(C2(CC(=O)O)CC2)ccc(Br)c1F. The highest BCUT2D eigenvalue weighted by molar-refractivity contribution is 9.10. The summed E-state index contributed by atoms with van der Waals surface area (Å²) < 4.78 is 19.2. The molecule has 0 aliphatic heterocycles. The maximum atomic E-state index is 13.8. The van der Waals surface area contributed by atoms with Crippen LogP contribution in [0, 0.1) is 5.82 Å². The van der Waals surface area contributed by atoms with Crippen molar-refractivity contribution in [1.82, 2.24) is 0 Å². The largest absolute Gasteiger partial charge is 0.493 e. The zero-order chi connectivity index (χ0) is 12.6. The minimum Gasteiger partial charge on any atom is -0.493 e. The van der Waals surface area contributed by atoms with Crippen molar-refractivity contribution in [2.75, 3.05) is 7.11 Å². The summed E-state index contributed by atoms with van der Waals surface area (Å²) in [5.41, 5.74) is 0.210. The van der Waals surface area contributed by atoms with E-state index in [1.165, 1.54) is 7.11 Å². The molecular formula is C12H12BrFO3. The maximum Gasteiger partial charge on any atom is 0.304 e. The van der Waals surface area contributed by atoms with Crippen LogP contribution in [0.1, 0.15) is 24.8 Å². The number of methoxy groups -OCH3 is 1. The zero-order valence-corrected chi connectivity index (χ0v) is 10.9.